The molecule has 90 valence electrons. The van der Waals surface area contributed by atoms with Gasteiger partial charge in [0.1, 0.15) is 5.60 Å². The van der Waals surface area contributed by atoms with E-state index >= 15 is 0 Å². The van der Waals surface area contributed by atoms with Crippen LogP contribution in [0.1, 0.15) is 26.5 Å². The maximum absolute atomic E-state index is 5.93. The van der Waals surface area contributed by atoms with Crippen molar-refractivity contribution in [1.82, 2.24) is 14.4 Å². The van der Waals surface area contributed by atoms with Gasteiger partial charge in [0.25, 0.3) is 0 Å². The maximum Gasteiger partial charge on any atom is 0.234 e. The second-order valence-electron chi connectivity index (χ2n) is 4.97. The lowest BCUT2D eigenvalue weighted by atomic mass is 10.0. The van der Waals surface area contributed by atoms with Gasteiger partial charge in [-0.15, -0.1) is 0 Å². The van der Waals surface area contributed by atoms with Gasteiger partial charge in [-0.1, -0.05) is 0 Å². The third-order valence-electron chi connectivity index (χ3n) is 2.97. The molecule has 1 fully saturated rings. The van der Waals surface area contributed by atoms with E-state index in [1.54, 1.807) is 6.20 Å². The van der Waals surface area contributed by atoms with Crippen LogP contribution < -0.4 is 0 Å². The van der Waals surface area contributed by atoms with E-state index in [1.807, 2.05) is 43.6 Å². The van der Waals surface area contributed by atoms with Crippen molar-refractivity contribution in [2.45, 2.75) is 32.2 Å². The molecule has 0 spiro atoms. The van der Waals surface area contributed by atoms with E-state index in [-0.39, 0.29) is 0 Å². The van der Waals surface area contributed by atoms with Gasteiger partial charge in [0.05, 0.1) is 12.3 Å². The van der Waals surface area contributed by atoms with E-state index in [0.29, 0.717) is 12.4 Å². The Bertz CT molecular complexity index is 564. The highest BCUT2D eigenvalue weighted by Gasteiger charge is 2.44. The molecule has 2 aromatic rings. The second kappa shape index (κ2) is 3.27. The van der Waals surface area contributed by atoms with Gasteiger partial charge >= 0.3 is 0 Å². The lowest BCUT2D eigenvalue weighted by Gasteiger charge is -2.24. The van der Waals surface area contributed by atoms with E-state index in [1.165, 1.54) is 0 Å². The Hall–Kier alpha value is -1.46. The molecule has 5 nitrogen and oxygen atoms in total. The average Bonchev–Trinajstić information content (AvgIpc) is 2.82. The molecule has 0 bridgehead atoms. The van der Waals surface area contributed by atoms with Crippen LogP contribution in [-0.4, -0.2) is 26.8 Å². The number of hydrogen-bond donors (Lipinski definition) is 0. The van der Waals surface area contributed by atoms with Crippen molar-refractivity contribution >= 4 is 5.78 Å². The summed E-state index contributed by atoms with van der Waals surface area (Å²) >= 11 is 0. The summed E-state index contributed by atoms with van der Waals surface area (Å²) in [7, 11) is 0. The van der Waals surface area contributed by atoms with Crippen LogP contribution in [0.2, 0.25) is 0 Å². The van der Waals surface area contributed by atoms with Crippen molar-refractivity contribution in [1.29, 1.82) is 0 Å². The third kappa shape index (κ3) is 1.71. The zero-order valence-corrected chi connectivity index (χ0v) is 10.2. The second-order valence-corrected chi connectivity index (χ2v) is 4.97. The van der Waals surface area contributed by atoms with Crippen molar-refractivity contribution in [2.75, 3.05) is 6.61 Å². The topological polar surface area (TPSA) is 48.7 Å². The molecule has 3 rings (SSSR count). The molecule has 17 heavy (non-hydrogen) atoms. The maximum atomic E-state index is 5.93. The molecule has 0 aliphatic carbocycles. The number of rotatable bonds is 1. The van der Waals surface area contributed by atoms with Gasteiger partial charge in [0.15, 0.2) is 5.79 Å². The van der Waals surface area contributed by atoms with Gasteiger partial charge in [0, 0.05) is 18.6 Å². The van der Waals surface area contributed by atoms with Gasteiger partial charge in [-0.05, 0) is 26.8 Å². The predicted octanol–water partition coefficient (Wildman–Crippen LogP) is 1.73. The van der Waals surface area contributed by atoms with E-state index in [9.17, 15) is 0 Å². The molecule has 0 aromatic carbocycles. The third-order valence-corrected chi connectivity index (χ3v) is 2.97. The Kier molecular flexibility index (Phi) is 2.06. The van der Waals surface area contributed by atoms with E-state index < -0.39 is 11.4 Å². The van der Waals surface area contributed by atoms with Gasteiger partial charge in [0.2, 0.25) is 5.78 Å². The minimum Gasteiger partial charge on any atom is -0.347 e. The lowest BCUT2D eigenvalue weighted by Crippen LogP contribution is -2.29. The van der Waals surface area contributed by atoms with Gasteiger partial charge in [-0.3, -0.25) is 4.40 Å². The first-order chi connectivity index (χ1) is 7.99. The van der Waals surface area contributed by atoms with Gasteiger partial charge < -0.3 is 9.47 Å². The van der Waals surface area contributed by atoms with Crippen molar-refractivity contribution in [3.05, 3.63) is 30.4 Å². The monoisotopic (exact) mass is 233 g/mol. The van der Waals surface area contributed by atoms with Crippen LogP contribution in [-0.2, 0) is 15.1 Å². The fourth-order valence-electron chi connectivity index (χ4n) is 2.14. The van der Waals surface area contributed by atoms with Crippen LogP contribution >= 0.6 is 0 Å². The van der Waals surface area contributed by atoms with Crippen LogP contribution in [0.4, 0.5) is 0 Å². The number of hydrogen-bond acceptors (Lipinski definition) is 4. The summed E-state index contributed by atoms with van der Waals surface area (Å²) in [6, 6.07) is 1.94. The molecule has 1 aliphatic rings. The molecule has 1 saturated heterocycles. The number of fused-ring (bicyclic) bond motifs is 1. The number of ether oxygens (including phenoxy) is 2. The molecule has 1 aliphatic heterocycles. The smallest absolute Gasteiger partial charge is 0.234 e. The Morgan fingerprint density at radius 3 is 2.82 bits per heavy atom. The van der Waals surface area contributed by atoms with Gasteiger partial charge in [-0.2, -0.15) is 0 Å². The fraction of sp³-hybridized carbons (Fsp3) is 0.500. The van der Waals surface area contributed by atoms with E-state index in [0.717, 1.165) is 5.69 Å². The van der Waals surface area contributed by atoms with E-state index in [4.69, 9.17) is 9.47 Å². The summed E-state index contributed by atoms with van der Waals surface area (Å²) in [5, 5.41) is 0. The Morgan fingerprint density at radius 2 is 2.12 bits per heavy atom. The SMILES string of the molecule is CC1(C)OCC(C)(c2ccn3ccnc3n2)O1. The molecule has 3 heterocycles. The summed E-state index contributed by atoms with van der Waals surface area (Å²) in [6.45, 7) is 6.31. The normalized spacial score (nSPS) is 27.7. The highest BCUT2D eigenvalue weighted by molar-refractivity contribution is 5.31. The Labute approximate surface area is 99.4 Å². The zero-order valence-electron chi connectivity index (χ0n) is 10.2. The zero-order chi connectivity index (χ0) is 12.1. The molecule has 2 aromatic heterocycles. The van der Waals surface area contributed by atoms with Crippen LogP contribution in [0.15, 0.2) is 24.7 Å². The number of nitrogens with zero attached hydrogens (tertiary/aromatic N) is 3. The molecular formula is C12H15N3O2. The molecule has 0 saturated carbocycles. The first kappa shape index (κ1) is 10.7. The van der Waals surface area contributed by atoms with Crippen LogP contribution in [0.3, 0.4) is 0 Å². The first-order valence-corrected chi connectivity index (χ1v) is 5.63. The molecule has 1 atom stereocenters. The average molecular weight is 233 g/mol. The minimum absolute atomic E-state index is 0.503. The van der Waals surface area contributed by atoms with E-state index in [2.05, 4.69) is 9.97 Å². The van der Waals surface area contributed by atoms with Crippen molar-refractivity contribution < 1.29 is 9.47 Å². The summed E-state index contributed by atoms with van der Waals surface area (Å²) in [4.78, 5) is 8.68. The molecule has 5 heteroatoms. The molecule has 1 unspecified atom stereocenters. The largest absolute Gasteiger partial charge is 0.347 e. The van der Waals surface area contributed by atoms with Crippen molar-refractivity contribution in [3.63, 3.8) is 0 Å². The molecule has 0 N–H and O–H groups in total. The molecular weight excluding hydrogens is 218 g/mol. The van der Waals surface area contributed by atoms with Crippen LogP contribution in [0, 0.1) is 0 Å². The highest BCUT2D eigenvalue weighted by Crippen LogP contribution is 2.37. The summed E-state index contributed by atoms with van der Waals surface area (Å²) < 4.78 is 13.4. The molecule has 0 amide bonds. The Balaban J connectivity index is 2.03. The standard InChI is InChI=1S/C12H15N3O2/c1-11(2)16-8-12(3,17-11)9-4-6-15-7-5-13-10(15)14-9/h4-7H,8H2,1-3H3. The van der Waals surface area contributed by atoms with Crippen LogP contribution in [0.25, 0.3) is 5.78 Å². The summed E-state index contributed by atoms with van der Waals surface area (Å²) in [6.07, 6.45) is 5.53. The van der Waals surface area contributed by atoms with Crippen molar-refractivity contribution in [3.8, 4) is 0 Å². The highest BCUT2D eigenvalue weighted by atomic mass is 16.8. The summed E-state index contributed by atoms with van der Waals surface area (Å²) in [5.41, 5.74) is 0.346. The summed E-state index contributed by atoms with van der Waals surface area (Å²) in [5.74, 6) is 0.120. The van der Waals surface area contributed by atoms with Gasteiger partial charge in [-0.25, -0.2) is 9.97 Å². The van der Waals surface area contributed by atoms with Crippen molar-refractivity contribution in [2.24, 2.45) is 0 Å². The lowest BCUT2D eigenvalue weighted by molar-refractivity contribution is -0.160. The quantitative estimate of drug-likeness (QED) is 0.752. The molecule has 0 radical (unpaired) electrons. The minimum atomic E-state index is -0.558. The van der Waals surface area contributed by atoms with Crippen LogP contribution in [0.5, 0.6) is 0 Å². The fourth-order valence-corrected chi connectivity index (χ4v) is 2.14. The predicted molar refractivity (Wildman–Crippen MR) is 61.5 cm³/mol. The Morgan fingerprint density at radius 1 is 1.29 bits per heavy atom. The first-order valence-electron chi connectivity index (χ1n) is 5.63. The number of aromatic nitrogens is 3. The number of imidazole rings is 1.